The highest BCUT2D eigenvalue weighted by molar-refractivity contribution is 8.00. The topological polar surface area (TPSA) is 126 Å². The summed E-state index contributed by atoms with van der Waals surface area (Å²) in [6.45, 7) is 3.76. The van der Waals surface area contributed by atoms with Gasteiger partial charge in [-0.3, -0.25) is 4.79 Å². The molecule has 0 fully saturated rings. The number of hydrogen-bond donors (Lipinski definition) is 2. The van der Waals surface area contributed by atoms with Gasteiger partial charge < -0.3 is 25.3 Å². The number of rotatable bonds is 9. The third-order valence-electron chi connectivity index (χ3n) is 3.93. The minimum atomic E-state index is -0.597. The summed E-state index contributed by atoms with van der Waals surface area (Å²) < 4.78 is 15.4. The third-order valence-corrected chi connectivity index (χ3v) is 5.47. The molecule has 1 unspecified atom stereocenters. The molecule has 162 valence electrons. The van der Waals surface area contributed by atoms with E-state index in [9.17, 15) is 9.59 Å². The van der Waals surface area contributed by atoms with E-state index in [0.29, 0.717) is 28.6 Å². The highest BCUT2D eigenvalue weighted by Crippen LogP contribution is 2.36. The first-order chi connectivity index (χ1) is 14.3. The van der Waals surface area contributed by atoms with Crippen LogP contribution in [0.2, 0.25) is 5.02 Å². The molecule has 9 nitrogen and oxygen atoms in total. The standard InChI is InChI=1S/C19H23ClN4O5S/c1-5-15(30-19-22-9-10(16(21)24-19)18(26)29-6-2)17(25)23-12-7-11(20)13(27-3)8-14(12)28-4/h7-9,15H,5-6H2,1-4H3,(H,23,25)(H2,21,22,24). The first kappa shape index (κ1) is 23.6. The number of carbonyl (C=O) groups excluding carboxylic acids is 2. The number of nitrogens with two attached hydrogens (primary N) is 1. The molecule has 0 saturated carbocycles. The van der Waals surface area contributed by atoms with Crippen molar-refractivity contribution in [3.63, 3.8) is 0 Å². The minimum Gasteiger partial charge on any atom is -0.495 e. The summed E-state index contributed by atoms with van der Waals surface area (Å²) in [7, 11) is 2.97. The van der Waals surface area contributed by atoms with Gasteiger partial charge in [-0.2, -0.15) is 0 Å². The smallest absolute Gasteiger partial charge is 0.343 e. The lowest BCUT2D eigenvalue weighted by Gasteiger charge is -2.17. The van der Waals surface area contributed by atoms with E-state index in [1.807, 2.05) is 6.92 Å². The Labute approximate surface area is 183 Å². The van der Waals surface area contributed by atoms with E-state index < -0.39 is 11.2 Å². The van der Waals surface area contributed by atoms with Gasteiger partial charge in [0.1, 0.15) is 22.9 Å². The van der Waals surface area contributed by atoms with Crippen LogP contribution in [0.25, 0.3) is 0 Å². The number of nitrogens with one attached hydrogen (secondary N) is 1. The number of hydrogen-bond acceptors (Lipinski definition) is 9. The largest absolute Gasteiger partial charge is 0.495 e. The third kappa shape index (κ3) is 5.67. The Morgan fingerprint density at radius 1 is 1.23 bits per heavy atom. The van der Waals surface area contributed by atoms with E-state index >= 15 is 0 Å². The molecule has 0 aliphatic heterocycles. The second-order valence-corrected chi connectivity index (χ2v) is 7.44. The van der Waals surface area contributed by atoms with Crippen LogP contribution in [0.1, 0.15) is 30.6 Å². The molecular weight excluding hydrogens is 432 g/mol. The fourth-order valence-electron chi connectivity index (χ4n) is 2.42. The van der Waals surface area contributed by atoms with Gasteiger partial charge in [0.25, 0.3) is 0 Å². The Morgan fingerprint density at radius 2 is 1.93 bits per heavy atom. The van der Waals surface area contributed by atoms with E-state index in [1.54, 1.807) is 19.1 Å². The van der Waals surface area contributed by atoms with Gasteiger partial charge in [0.15, 0.2) is 5.16 Å². The molecule has 3 N–H and O–H groups in total. The molecule has 30 heavy (non-hydrogen) atoms. The van der Waals surface area contributed by atoms with Crippen molar-refractivity contribution in [2.75, 3.05) is 31.9 Å². The average Bonchev–Trinajstić information content (AvgIpc) is 2.72. The molecule has 0 aliphatic carbocycles. The van der Waals surface area contributed by atoms with Crippen LogP contribution >= 0.6 is 23.4 Å². The summed E-state index contributed by atoms with van der Waals surface area (Å²) >= 11 is 7.28. The van der Waals surface area contributed by atoms with Crippen LogP contribution < -0.4 is 20.5 Å². The van der Waals surface area contributed by atoms with Gasteiger partial charge in [-0.1, -0.05) is 30.3 Å². The average molecular weight is 455 g/mol. The lowest BCUT2D eigenvalue weighted by Crippen LogP contribution is -2.25. The fraction of sp³-hybridized carbons (Fsp3) is 0.368. The molecule has 0 aliphatic rings. The van der Waals surface area contributed by atoms with Crippen LogP contribution in [0.3, 0.4) is 0 Å². The second kappa shape index (κ2) is 10.9. The molecule has 0 radical (unpaired) electrons. The molecule has 0 spiro atoms. The predicted octanol–water partition coefficient (Wildman–Crippen LogP) is 3.42. The van der Waals surface area contributed by atoms with Crippen LogP contribution in [0.15, 0.2) is 23.5 Å². The van der Waals surface area contributed by atoms with Crippen LogP contribution in [0, 0.1) is 0 Å². The number of methoxy groups -OCH3 is 2. The summed E-state index contributed by atoms with van der Waals surface area (Å²) in [5, 5.41) is 2.87. The van der Waals surface area contributed by atoms with Gasteiger partial charge in [0, 0.05) is 12.3 Å². The van der Waals surface area contributed by atoms with Crippen LogP contribution in [0.4, 0.5) is 11.5 Å². The molecule has 0 saturated heterocycles. The molecule has 1 aromatic heterocycles. The van der Waals surface area contributed by atoms with Crippen molar-refractivity contribution >= 4 is 46.7 Å². The maximum atomic E-state index is 12.8. The fourth-order valence-corrected chi connectivity index (χ4v) is 3.51. The van der Waals surface area contributed by atoms with E-state index in [1.165, 1.54) is 20.4 Å². The molecule has 1 amide bonds. The number of esters is 1. The molecule has 1 heterocycles. The first-order valence-electron chi connectivity index (χ1n) is 9.03. The quantitative estimate of drug-likeness (QED) is 0.333. The zero-order valence-corrected chi connectivity index (χ0v) is 18.6. The SMILES string of the molecule is CCOC(=O)c1cnc(SC(CC)C(=O)Nc2cc(Cl)c(OC)cc2OC)nc1N. The van der Waals surface area contributed by atoms with Gasteiger partial charge in [-0.05, 0) is 19.4 Å². The number of halogens is 1. The van der Waals surface area contributed by atoms with Gasteiger partial charge in [-0.25, -0.2) is 14.8 Å². The maximum Gasteiger partial charge on any atom is 0.343 e. The van der Waals surface area contributed by atoms with E-state index in [0.717, 1.165) is 11.8 Å². The van der Waals surface area contributed by atoms with Crippen molar-refractivity contribution in [2.45, 2.75) is 30.7 Å². The zero-order chi connectivity index (χ0) is 22.3. The number of anilines is 2. The molecular formula is C19H23ClN4O5S. The summed E-state index contributed by atoms with van der Waals surface area (Å²) in [4.78, 5) is 32.8. The molecule has 2 aromatic rings. The number of aromatic nitrogens is 2. The number of carbonyl (C=O) groups is 2. The lowest BCUT2D eigenvalue weighted by atomic mass is 10.2. The number of nitrogens with zero attached hydrogens (tertiary/aromatic N) is 2. The van der Waals surface area contributed by atoms with Gasteiger partial charge in [-0.15, -0.1) is 0 Å². The Balaban J connectivity index is 2.17. The summed E-state index contributed by atoms with van der Waals surface area (Å²) in [5.74, 6) is -0.0643. The van der Waals surface area contributed by atoms with E-state index in [2.05, 4.69) is 15.3 Å². The maximum absolute atomic E-state index is 12.8. The molecule has 11 heteroatoms. The Kier molecular flexibility index (Phi) is 8.55. The predicted molar refractivity (Wildman–Crippen MR) is 116 cm³/mol. The number of thioether (sulfide) groups is 1. The van der Waals surface area contributed by atoms with Crippen molar-refractivity contribution in [1.29, 1.82) is 0 Å². The van der Waals surface area contributed by atoms with E-state index in [4.69, 9.17) is 31.5 Å². The normalized spacial score (nSPS) is 11.5. The number of amides is 1. The highest BCUT2D eigenvalue weighted by atomic mass is 35.5. The summed E-state index contributed by atoms with van der Waals surface area (Å²) in [6, 6.07) is 3.14. The molecule has 1 atom stereocenters. The van der Waals surface area contributed by atoms with Crippen LogP contribution in [-0.2, 0) is 9.53 Å². The van der Waals surface area contributed by atoms with Crippen molar-refractivity contribution in [3.8, 4) is 11.5 Å². The number of nitrogen functional groups attached to an aromatic ring is 1. The van der Waals surface area contributed by atoms with Gasteiger partial charge in [0.2, 0.25) is 5.91 Å². The second-order valence-electron chi connectivity index (χ2n) is 5.86. The molecule has 1 aromatic carbocycles. The van der Waals surface area contributed by atoms with Gasteiger partial charge >= 0.3 is 5.97 Å². The summed E-state index contributed by atoms with van der Waals surface area (Å²) in [6.07, 6.45) is 1.78. The van der Waals surface area contributed by atoms with Crippen molar-refractivity contribution < 1.29 is 23.8 Å². The molecule has 0 bridgehead atoms. The molecule has 2 rings (SSSR count). The Morgan fingerprint density at radius 3 is 2.50 bits per heavy atom. The highest BCUT2D eigenvalue weighted by Gasteiger charge is 2.23. The van der Waals surface area contributed by atoms with Crippen molar-refractivity contribution in [3.05, 3.63) is 28.9 Å². The first-order valence-corrected chi connectivity index (χ1v) is 10.3. The Bertz CT molecular complexity index is 928. The Hall–Kier alpha value is -2.72. The van der Waals surface area contributed by atoms with Crippen LogP contribution in [-0.4, -0.2) is 47.9 Å². The van der Waals surface area contributed by atoms with Gasteiger partial charge in [0.05, 0.1) is 36.8 Å². The number of ether oxygens (including phenoxy) is 3. The zero-order valence-electron chi connectivity index (χ0n) is 17.0. The number of benzene rings is 1. The van der Waals surface area contributed by atoms with Crippen molar-refractivity contribution in [2.24, 2.45) is 0 Å². The lowest BCUT2D eigenvalue weighted by molar-refractivity contribution is -0.115. The van der Waals surface area contributed by atoms with Crippen LogP contribution in [0.5, 0.6) is 11.5 Å². The van der Waals surface area contributed by atoms with E-state index in [-0.39, 0.29) is 29.1 Å². The monoisotopic (exact) mass is 454 g/mol. The minimum absolute atomic E-state index is 0.00943. The van der Waals surface area contributed by atoms with Crippen molar-refractivity contribution in [1.82, 2.24) is 9.97 Å². The summed E-state index contributed by atoms with van der Waals surface area (Å²) in [5.41, 5.74) is 6.33.